The monoisotopic (exact) mass is 369 g/mol. The Morgan fingerprint density at radius 3 is 2.63 bits per heavy atom. The summed E-state index contributed by atoms with van der Waals surface area (Å²) in [5.74, 6) is -0.581. The Hall–Kier alpha value is -2.73. The summed E-state index contributed by atoms with van der Waals surface area (Å²) < 4.78 is 13.9. The van der Waals surface area contributed by atoms with Crippen LogP contribution in [-0.4, -0.2) is 47.8 Å². The second kappa shape index (κ2) is 8.77. The van der Waals surface area contributed by atoms with Crippen molar-refractivity contribution in [3.8, 4) is 0 Å². The molecule has 2 aromatic carbocycles. The van der Waals surface area contributed by atoms with Crippen LogP contribution in [-0.2, 0) is 22.7 Å². The van der Waals surface area contributed by atoms with Crippen molar-refractivity contribution in [3.05, 3.63) is 71.5 Å². The van der Waals surface area contributed by atoms with Crippen LogP contribution in [0, 0.1) is 5.82 Å². The summed E-state index contributed by atoms with van der Waals surface area (Å²) in [6.07, 6.45) is 0.0932. The third-order valence-electron chi connectivity index (χ3n) is 4.77. The fraction of sp³-hybridized carbons (Fsp3) is 0.333. The molecule has 6 heteroatoms. The highest BCUT2D eigenvalue weighted by Crippen LogP contribution is 2.14. The maximum absolute atomic E-state index is 13.9. The standard InChI is InChI=1S/C21H24FN3O2/c1-24(14-16-7-3-2-4-8-16)20(26)13-19-21(27)25(12-11-23-19)15-17-9-5-6-10-18(17)22/h2-10,19,23H,11-15H2,1H3. The van der Waals surface area contributed by atoms with Crippen LogP contribution in [0.25, 0.3) is 0 Å². The van der Waals surface area contributed by atoms with Crippen molar-refractivity contribution in [3.63, 3.8) is 0 Å². The second-order valence-corrected chi connectivity index (χ2v) is 6.80. The van der Waals surface area contributed by atoms with Crippen LogP contribution >= 0.6 is 0 Å². The van der Waals surface area contributed by atoms with Gasteiger partial charge in [0.2, 0.25) is 11.8 Å². The number of benzene rings is 2. The van der Waals surface area contributed by atoms with E-state index in [1.165, 1.54) is 6.07 Å². The summed E-state index contributed by atoms with van der Waals surface area (Å²) in [4.78, 5) is 28.5. The molecular weight excluding hydrogens is 345 g/mol. The first-order valence-corrected chi connectivity index (χ1v) is 9.08. The van der Waals surface area contributed by atoms with Crippen molar-refractivity contribution in [2.45, 2.75) is 25.6 Å². The largest absolute Gasteiger partial charge is 0.341 e. The molecular formula is C21H24FN3O2. The summed E-state index contributed by atoms with van der Waals surface area (Å²) in [5, 5.41) is 3.12. The van der Waals surface area contributed by atoms with Gasteiger partial charge in [-0.25, -0.2) is 4.39 Å². The molecule has 1 N–H and O–H groups in total. The van der Waals surface area contributed by atoms with Crippen LogP contribution in [0.15, 0.2) is 54.6 Å². The van der Waals surface area contributed by atoms with Crippen molar-refractivity contribution in [2.24, 2.45) is 0 Å². The fourth-order valence-electron chi connectivity index (χ4n) is 3.22. The van der Waals surface area contributed by atoms with Crippen molar-refractivity contribution >= 4 is 11.8 Å². The highest BCUT2D eigenvalue weighted by atomic mass is 19.1. The van der Waals surface area contributed by atoms with Gasteiger partial charge in [0.05, 0.1) is 12.5 Å². The number of hydrogen-bond donors (Lipinski definition) is 1. The number of nitrogens with one attached hydrogen (secondary N) is 1. The maximum atomic E-state index is 13.9. The molecule has 0 bridgehead atoms. The van der Waals surface area contributed by atoms with Crippen molar-refractivity contribution in [1.82, 2.24) is 15.1 Å². The molecule has 1 unspecified atom stereocenters. The third-order valence-corrected chi connectivity index (χ3v) is 4.77. The van der Waals surface area contributed by atoms with Gasteiger partial charge in [-0.1, -0.05) is 48.5 Å². The summed E-state index contributed by atoms with van der Waals surface area (Å²) in [6.45, 7) is 1.80. The Labute approximate surface area is 158 Å². The van der Waals surface area contributed by atoms with Crippen LogP contribution in [0.1, 0.15) is 17.5 Å². The van der Waals surface area contributed by atoms with E-state index in [0.717, 1.165) is 5.56 Å². The molecule has 0 aromatic heterocycles. The molecule has 3 rings (SSSR count). The zero-order valence-corrected chi connectivity index (χ0v) is 15.4. The molecule has 5 nitrogen and oxygen atoms in total. The predicted octanol–water partition coefficient (Wildman–Crippen LogP) is 2.17. The molecule has 2 aromatic rings. The van der Waals surface area contributed by atoms with Gasteiger partial charge in [0, 0.05) is 38.8 Å². The van der Waals surface area contributed by atoms with Gasteiger partial charge in [-0.3, -0.25) is 9.59 Å². The maximum Gasteiger partial charge on any atom is 0.240 e. The van der Waals surface area contributed by atoms with E-state index < -0.39 is 6.04 Å². The van der Waals surface area contributed by atoms with Gasteiger partial charge >= 0.3 is 0 Å². The molecule has 1 atom stereocenters. The number of carbonyl (C=O) groups excluding carboxylic acids is 2. The molecule has 0 spiro atoms. The summed E-state index contributed by atoms with van der Waals surface area (Å²) >= 11 is 0. The number of carbonyl (C=O) groups is 2. The lowest BCUT2D eigenvalue weighted by Crippen LogP contribution is -2.55. The first-order valence-electron chi connectivity index (χ1n) is 9.08. The fourth-order valence-corrected chi connectivity index (χ4v) is 3.22. The molecule has 0 saturated carbocycles. The second-order valence-electron chi connectivity index (χ2n) is 6.80. The van der Waals surface area contributed by atoms with E-state index in [9.17, 15) is 14.0 Å². The quantitative estimate of drug-likeness (QED) is 0.849. The predicted molar refractivity (Wildman–Crippen MR) is 101 cm³/mol. The topological polar surface area (TPSA) is 52.7 Å². The Bertz CT molecular complexity index is 797. The highest BCUT2D eigenvalue weighted by molar-refractivity contribution is 5.88. The van der Waals surface area contributed by atoms with Gasteiger partial charge in [0.25, 0.3) is 0 Å². The van der Waals surface area contributed by atoms with E-state index >= 15 is 0 Å². The van der Waals surface area contributed by atoms with Crippen LogP contribution < -0.4 is 5.32 Å². The molecule has 1 saturated heterocycles. The van der Waals surface area contributed by atoms with Crippen molar-refractivity contribution in [2.75, 3.05) is 20.1 Å². The van der Waals surface area contributed by atoms with Crippen LogP contribution in [0.4, 0.5) is 4.39 Å². The Morgan fingerprint density at radius 1 is 1.19 bits per heavy atom. The van der Waals surface area contributed by atoms with Crippen LogP contribution in [0.3, 0.4) is 0 Å². The number of amides is 2. The van der Waals surface area contributed by atoms with Gasteiger partial charge in [0.1, 0.15) is 5.82 Å². The molecule has 0 radical (unpaired) electrons. The first kappa shape index (κ1) is 19.0. The van der Waals surface area contributed by atoms with E-state index in [0.29, 0.717) is 25.2 Å². The van der Waals surface area contributed by atoms with E-state index in [4.69, 9.17) is 0 Å². The van der Waals surface area contributed by atoms with Crippen LogP contribution in [0.2, 0.25) is 0 Å². The molecule has 2 amide bonds. The normalized spacial score (nSPS) is 17.0. The smallest absolute Gasteiger partial charge is 0.240 e. The van der Waals surface area contributed by atoms with Gasteiger partial charge in [-0.15, -0.1) is 0 Å². The van der Waals surface area contributed by atoms with E-state index in [-0.39, 0.29) is 30.6 Å². The SMILES string of the molecule is CN(Cc1ccccc1)C(=O)CC1NCCN(Cc2ccccc2F)C1=O. The third kappa shape index (κ3) is 4.92. The molecule has 27 heavy (non-hydrogen) atoms. The zero-order valence-electron chi connectivity index (χ0n) is 15.4. The summed E-state index contributed by atoms with van der Waals surface area (Å²) in [7, 11) is 1.74. The molecule has 1 aliphatic rings. The summed E-state index contributed by atoms with van der Waals surface area (Å²) in [6, 6.07) is 15.6. The zero-order chi connectivity index (χ0) is 19.2. The van der Waals surface area contributed by atoms with Crippen LogP contribution in [0.5, 0.6) is 0 Å². The van der Waals surface area contributed by atoms with Crippen molar-refractivity contribution in [1.29, 1.82) is 0 Å². The average Bonchev–Trinajstić information content (AvgIpc) is 2.67. The lowest BCUT2D eigenvalue weighted by Gasteiger charge is -2.33. The van der Waals surface area contributed by atoms with Gasteiger partial charge in [-0.2, -0.15) is 0 Å². The van der Waals surface area contributed by atoms with Gasteiger partial charge in [-0.05, 0) is 11.6 Å². The molecule has 0 aliphatic carbocycles. The van der Waals surface area contributed by atoms with Gasteiger partial charge < -0.3 is 15.1 Å². The molecule has 1 aliphatic heterocycles. The summed E-state index contributed by atoms with van der Waals surface area (Å²) in [5.41, 5.74) is 1.52. The molecule has 1 fully saturated rings. The minimum Gasteiger partial charge on any atom is -0.341 e. The van der Waals surface area contributed by atoms with Gasteiger partial charge in [0.15, 0.2) is 0 Å². The Balaban J connectivity index is 1.58. The Kier molecular flexibility index (Phi) is 6.19. The number of piperazine rings is 1. The Morgan fingerprint density at radius 2 is 1.89 bits per heavy atom. The first-order chi connectivity index (χ1) is 13.0. The number of rotatable bonds is 6. The number of nitrogens with zero attached hydrogens (tertiary/aromatic N) is 2. The molecule has 142 valence electrons. The lowest BCUT2D eigenvalue weighted by atomic mass is 10.1. The van der Waals surface area contributed by atoms with Crippen molar-refractivity contribution < 1.29 is 14.0 Å². The highest BCUT2D eigenvalue weighted by Gasteiger charge is 2.31. The number of halogens is 1. The molecule has 1 heterocycles. The average molecular weight is 369 g/mol. The van der Waals surface area contributed by atoms with E-state index in [2.05, 4.69) is 5.32 Å². The lowest BCUT2D eigenvalue weighted by molar-refractivity contribution is -0.141. The number of hydrogen-bond acceptors (Lipinski definition) is 3. The minimum absolute atomic E-state index is 0.0932. The van der Waals surface area contributed by atoms with E-state index in [1.54, 1.807) is 35.0 Å². The van der Waals surface area contributed by atoms with E-state index in [1.807, 2.05) is 30.3 Å². The minimum atomic E-state index is -0.573.